The molecular weight excluding hydrogens is 198 g/mol. The molecule has 16 heavy (non-hydrogen) atoms. The molecule has 1 aliphatic carbocycles. The molecule has 3 atom stereocenters. The number of aliphatic hydroxyl groups is 1. The first kappa shape index (κ1) is 14.0. The number of hydrogen-bond acceptors (Lipinski definition) is 2. The third kappa shape index (κ3) is 4.06. The molecule has 0 heterocycles. The van der Waals surface area contributed by atoms with Crippen molar-refractivity contribution in [3.05, 3.63) is 0 Å². The van der Waals surface area contributed by atoms with E-state index in [1.807, 2.05) is 0 Å². The van der Waals surface area contributed by atoms with Crippen molar-refractivity contribution in [2.75, 3.05) is 14.1 Å². The summed E-state index contributed by atoms with van der Waals surface area (Å²) in [5.41, 5.74) is 0. The minimum absolute atomic E-state index is 0.0922. The van der Waals surface area contributed by atoms with Crippen LogP contribution < -0.4 is 0 Å². The second-order valence-corrected chi connectivity index (χ2v) is 5.56. The highest BCUT2D eigenvalue weighted by Gasteiger charge is 2.32. The van der Waals surface area contributed by atoms with Crippen LogP contribution in [-0.4, -0.2) is 36.2 Å². The number of hydrogen-bond donors (Lipinski definition) is 1. The Kier molecular flexibility index (Phi) is 6.37. The summed E-state index contributed by atoms with van der Waals surface area (Å²) in [6.07, 6.45) is 10.1. The van der Waals surface area contributed by atoms with Crippen LogP contribution in [0.2, 0.25) is 0 Å². The largest absolute Gasteiger partial charge is 0.391 e. The zero-order valence-electron chi connectivity index (χ0n) is 11.3. The van der Waals surface area contributed by atoms with Crippen LogP contribution in [-0.2, 0) is 0 Å². The van der Waals surface area contributed by atoms with E-state index in [1.54, 1.807) is 0 Å². The van der Waals surface area contributed by atoms with E-state index in [0.717, 1.165) is 0 Å². The second-order valence-electron chi connectivity index (χ2n) is 5.56. The minimum Gasteiger partial charge on any atom is -0.391 e. The van der Waals surface area contributed by atoms with E-state index < -0.39 is 0 Å². The molecule has 0 bridgehead atoms. The molecule has 2 nitrogen and oxygen atoms in total. The third-order valence-electron chi connectivity index (χ3n) is 4.04. The summed E-state index contributed by atoms with van der Waals surface area (Å²) < 4.78 is 0. The highest BCUT2D eigenvalue weighted by molar-refractivity contribution is 4.86. The molecule has 0 aromatic heterocycles. The maximum Gasteiger partial charge on any atom is 0.0723 e. The van der Waals surface area contributed by atoms with E-state index in [2.05, 4.69) is 25.9 Å². The van der Waals surface area contributed by atoms with Crippen LogP contribution in [0.1, 0.15) is 58.3 Å². The van der Waals surface area contributed by atoms with Crippen LogP contribution in [0.3, 0.4) is 0 Å². The summed E-state index contributed by atoms with van der Waals surface area (Å²) in [6.45, 7) is 2.25. The van der Waals surface area contributed by atoms with E-state index in [1.165, 1.54) is 51.4 Å². The van der Waals surface area contributed by atoms with E-state index >= 15 is 0 Å². The minimum atomic E-state index is -0.0922. The standard InChI is InChI=1S/C14H29NO/c1-4-5-6-7-9-12-10-8-11-13(14(12)16)15(2)3/h12-14,16H,4-11H2,1-3H3. The van der Waals surface area contributed by atoms with Gasteiger partial charge in [-0.3, -0.25) is 0 Å². The van der Waals surface area contributed by atoms with Crippen molar-refractivity contribution in [2.45, 2.75) is 70.4 Å². The first-order chi connectivity index (χ1) is 7.66. The van der Waals surface area contributed by atoms with Gasteiger partial charge >= 0.3 is 0 Å². The lowest BCUT2D eigenvalue weighted by atomic mass is 9.79. The Morgan fingerprint density at radius 2 is 1.88 bits per heavy atom. The molecule has 0 radical (unpaired) electrons. The molecule has 0 amide bonds. The molecule has 1 N–H and O–H groups in total. The average molecular weight is 227 g/mol. The van der Waals surface area contributed by atoms with Crippen LogP contribution in [0.15, 0.2) is 0 Å². The van der Waals surface area contributed by atoms with Crippen molar-refractivity contribution < 1.29 is 5.11 Å². The molecule has 0 aromatic carbocycles. The summed E-state index contributed by atoms with van der Waals surface area (Å²) in [5.74, 6) is 0.554. The number of nitrogens with zero attached hydrogens (tertiary/aromatic N) is 1. The Labute approximate surface area is 101 Å². The Hall–Kier alpha value is -0.0800. The Morgan fingerprint density at radius 1 is 1.12 bits per heavy atom. The fourth-order valence-corrected chi connectivity index (χ4v) is 2.96. The molecule has 1 fully saturated rings. The zero-order chi connectivity index (χ0) is 12.0. The van der Waals surface area contributed by atoms with Gasteiger partial charge < -0.3 is 10.0 Å². The number of unbranched alkanes of at least 4 members (excludes halogenated alkanes) is 3. The molecule has 0 aromatic rings. The van der Waals surface area contributed by atoms with E-state index in [-0.39, 0.29) is 6.10 Å². The highest BCUT2D eigenvalue weighted by Crippen LogP contribution is 2.30. The maximum atomic E-state index is 10.3. The molecule has 1 aliphatic rings. The van der Waals surface area contributed by atoms with Gasteiger partial charge in [0.05, 0.1) is 6.10 Å². The van der Waals surface area contributed by atoms with E-state index in [9.17, 15) is 5.11 Å². The Bertz CT molecular complexity index is 182. The molecular formula is C14H29NO. The van der Waals surface area contributed by atoms with Crippen LogP contribution in [0.4, 0.5) is 0 Å². The second kappa shape index (κ2) is 7.29. The average Bonchev–Trinajstić information content (AvgIpc) is 2.26. The third-order valence-corrected chi connectivity index (χ3v) is 4.04. The predicted octanol–water partition coefficient (Wildman–Crippen LogP) is 3.05. The molecule has 96 valence electrons. The van der Waals surface area contributed by atoms with Gasteiger partial charge in [-0.2, -0.15) is 0 Å². The molecule has 1 saturated carbocycles. The van der Waals surface area contributed by atoms with Gasteiger partial charge in [0.15, 0.2) is 0 Å². The smallest absolute Gasteiger partial charge is 0.0723 e. The van der Waals surface area contributed by atoms with Crippen molar-refractivity contribution in [3.63, 3.8) is 0 Å². The topological polar surface area (TPSA) is 23.5 Å². The molecule has 2 heteroatoms. The van der Waals surface area contributed by atoms with Crippen molar-refractivity contribution in [2.24, 2.45) is 5.92 Å². The van der Waals surface area contributed by atoms with Crippen LogP contribution >= 0.6 is 0 Å². The summed E-state index contributed by atoms with van der Waals surface area (Å²) >= 11 is 0. The monoisotopic (exact) mass is 227 g/mol. The quantitative estimate of drug-likeness (QED) is 0.705. The number of rotatable bonds is 6. The first-order valence-corrected chi connectivity index (χ1v) is 7.01. The normalized spacial score (nSPS) is 30.9. The van der Waals surface area contributed by atoms with Crippen LogP contribution in [0.25, 0.3) is 0 Å². The van der Waals surface area contributed by atoms with E-state index in [0.29, 0.717) is 12.0 Å². The van der Waals surface area contributed by atoms with Gasteiger partial charge in [0, 0.05) is 6.04 Å². The van der Waals surface area contributed by atoms with Crippen molar-refractivity contribution >= 4 is 0 Å². The lowest BCUT2D eigenvalue weighted by Gasteiger charge is -2.38. The van der Waals surface area contributed by atoms with Gasteiger partial charge in [-0.1, -0.05) is 39.0 Å². The number of aliphatic hydroxyl groups excluding tert-OH is 1. The molecule has 0 aliphatic heterocycles. The van der Waals surface area contributed by atoms with Gasteiger partial charge in [-0.15, -0.1) is 0 Å². The van der Waals surface area contributed by atoms with Crippen molar-refractivity contribution in [1.82, 2.24) is 4.90 Å². The zero-order valence-corrected chi connectivity index (χ0v) is 11.3. The van der Waals surface area contributed by atoms with Crippen LogP contribution in [0, 0.1) is 5.92 Å². The van der Waals surface area contributed by atoms with Gasteiger partial charge in [0.25, 0.3) is 0 Å². The SMILES string of the molecule is CCCCCCC1CCCC(N(C)C)C1O. The maximum absolute atomic E-state index is 10.3. The summed E-state index contributed by atoms with van der Waals surface area (Å²) in [7, 11) is 4.18. The Morgan fingerprint density at radius 3 is 2.50 bits per heavy atom. The summed E-state index contributed by atoms with van der Waals surface area (Å²) in [4.78, 5) is 2.20. The Balaban J connectivity index is 2.29. The predicted molar refractivity (Wildman–Crippen MR) is 69.6 cm³/mol. The summed E-state index contributed by atoms with van der Waals surface area (Å²) in [5, 5.41) is 10.3. The first-order valence-electron chi connectivity index (χ1n) is 7.01. The molecule has 3 unspecified atom stereocenters. The lowest BCUT2D eigenvalue weighted by molar-refractivity contribution is -0.00443. The molecule has 0 spiro atoms. The lowest BCUT2D eigenvalue weighted by Crippen LogP contribution is -2.45. The van der Waals surface area contributed by atoms with Gasteiger partial charge in [-0.25, -0.2) is 0 Å². The van der Waals surface area contributed by atoms with Gasteiger partial charge in [0.2, 0.25) is 0 Å². The summed E-state index contributed by atoms with van der Waals surface area (Å²) in [6, 6.07) is 0.393. The van der Waals surface area contributed by atoms with Gasteiger partial charge in [-0.05, 0) is 39.3 Å². The van der Waals surface area contributed by atoms with Crippen molar-refractivity contribution in [3.8, 4) is 0 Å². The molecule has 0 saturated heterocycles. The van der Waals surface area contributed by atoms with Crippen LogP contribution in [0.5, 0.6) is 0 Å². The number of likely N-dealkylation sites (N-methyl/N-ethyl adjacent to an activating group) is 1. The highest BCUT2D eigenvalue weighted by atomic mass is 16.3. The fraction of sp³-hybridized carbons (Fsp3) is 1.00. The molecule has 1 rings (SSSR count). The van der Waals surface area contributed by atoms with E-state index in [4.69, 9.17) is 0 Å². The fourth-order valence-electron chi connectivity index (χ4n) is 2.96. The van der Waals surface area contributed by atoms with Gasteiger partial charge in [0.1, 0.15) is 0 Å². The van der Waals surface area contributed by atoms with Crippen molar-refractivity contribution in [1.29, 1.82) is 0 Å².